The van der Waals surface area contributed by atoms with Crippen molar-refractivity contribution in [2.45, 2.75) is 38.7 Å². The Labute approximate surface area is 115 Å². The van der Waals surface area contributed by atoms with Crippen molar-refractivity contribution in [2.24, 2.45) is 0 Å². The normalized spacial score (nSPS) is 19.8. The summed E-state index contributed by atoms with van der Waals surface area (Å²) in [6.45, 7) is 3.00. The van der Waals surface area contributed by atoms with Crippen LogP contribution in [0, 0.1) is 0 Å². The highest BCUT2D eigenvalue weighted by Crippen LogP contribution is 2.16. The minimum Gasteiger partial charge on any atom is -0.469 e. The lowest BCUT2D eigenvalue weighted by atomic mass is 10.2. The molecule has 0 saturated carbocycles. The SMILES string of the molecule is CCCS(=O)(=O)N(CCC(=O)OC)CC1CCCO1. The van der Waals surface area contributed by atoms with Crippen LogP contribution in [0.4, 0.5) is 0 Å². The number of esters is 1. The minimum absolute atomic E-state index is 0.0516. The summed E-state index contributed by atoms with van der Waals surface area (Å²) in [5, 5.41) is 0. The van der Waals surface area contributed by atoms with Gasteiger partial charge in [0.15, 0.2) is 0 Å². The first kappa shape index (κ1) is 16.4. The summed E-state index contributed by atoms with van der Waals surface area (Å²) in [5.41, 5.74) is 0. The van der Waals surface area contributed by atoms with Crippen molar-refractivity contribution in [3.63, 3.8) is 0 Å². The van der Waals surface area contributed by atoms with Crippen molar-refractivity contribution in [2.75, 3.05) is 32.6 Å². The fourth-order valence-electron chi connectivity index (χ4n) is 2.06. The second-order valence-electron chi connectivity index (χ2n) is 4.64. The molecule has 0 aliphatic carbocycles. The van der Waals surface area contributed by atoms with Crippen molar-refractivity contribution in [1.29, 1.82) is 0 Å². The highest BCUT2D eigenvalue weighted by Gasteiger charge is 2.27. The van der Waals surface area contributed by atoms with Crippen molar-refractivity contribution in [3.05, 3.63) is 0 Å². The lowest BCUT2D eigenvalue weighted by molar-refractivity contribution is -0.140. The van der Waals surface area contributed by atoms with E-state index in [9.17, 15) is 13.2 Å². The molecule has 1 rings (SSSR count). The standard InChI is InChI=1S/C12H23NO5S/c1-3-9-19(15,16)13(7-6-12(14)17-2)10-11-5-4-8-18-11/h11H,3-10H2,1-2H3. The van der Waals surface area contributed by atoms with E-state index in [0.29, 0.717) is 19.6 Å². The number of carbonyl (C=O) groups excluding carboxylic acids is 1. The third-order valence-corrected chi connectivity index (χ3v) is 5.12. The predicted octanol–water partition coefficient (Wildman–Crippen LogP) is 0.770. The first-order valence-electron chi connectivity index (χ1n) is 6.66. The highest BCUT2D eigenvalue weighted by molar-refractivity contribution is 7.89. The van der Waals surface area contributed by atoms with Gasteiger partial charge in [0.05, 0.1) is 25.4 Å². The quantitative estimate of drug-likeness (QED) is 0.618. The van der Waals surface area contributed by atoms with Gasteiger partial charge in [-0.05, 0) is 19.3 Å². The first-order chi connectivity index (χ1) is 8.99. The molecular weight excluding hydrogens is 270 g/mol. The molecule has 0 radical (unpaired) electrons. The Morgan fingerprint density at radius 1 is 1.47 bits per heavy atom. The summed E-state index contributed by atoms with van der Waals surface area (Å²) in [6, 6.07) is 0. The van der Waals surface area contributed by atoms with Crippen LogP contribution in [0.3, 0.4) is 0 Å². The van der Waals surface area contributed by atoms with Crippen LogP contribution in [-0.2, 0) is 24.3 Å². The number of rotatable bonds is 8. The molecular formula is C12H23NO5S. The van der Waals surface area contributed by atoms with Gasteiger partial charge in [0.25, 0.3) is 0 Å². The zero-order valence-electron chi connectivity index (χ0n) is 11.6. The second-order valence-corrected chi connectivity index (χ2v) is 6.72. The summed E-state index contributed by atoms with van der Waals surface area (Å²) in [5.74, 6) is -0.301. The smallest absolute Gasteiger partial charge is 0.306 e. The number of ether oxygens (including phenoxy) is 2. The van der Waals surface area contributed by atoms with Crippen LogP contribution in [0.1, 0.15) is 32.6 Å². The molecule has 1 aliphatic rings. The fraction of sp³-hybridized carbons (Fsp3) is 0.917. The van der Waals surface area contributed by atoms with Gasteiger partial charge in [-0.2, -0.15) is 4.31 Å². The second kappa shape index (κ2) is 7.81. The summed E-state index contributed by atoms with van der Waals surface area (Å²) < 4.78 is 35.7. The average Bonchev–Trinajstić information content (AvgIpc) is 2.86. The van der Waals surface area contributed by atoms with E-state index in [1.807, 2.05) is 6.92 Å². The molecule has 0 spiro atoms. The van der Waals surface area contributed by atoms with Crippen LogP contribution in [0.2, 0.25) is 0 Å². The Kier molecular flexibility index (Phi) is 6.74. The summed E-state index contributed by atoms with van der Waals surface area (Å²) >= 11 is 0. The van der Waals surface area contributed by atoms with E-state index < -0.39 is 16.0 Å². The molecule has 1 aliphatic heterocycles. The molecule has 0 aromatic carbocycles. The molecule has 1 fully saturated rings. The number of methoxy groups -OCH3 is 1. The van der Waals surface area contributed by atoms with Crippen LogP contribution in [-0.4, -0.2) is 57.4 Å². The van der Waals surface area contributed by atoms with E-state index in [4.69, 9.17) is 4.74 Å². The maximum Gasteiger partial charge on any atom is 0.306 e. The van der Waals surface area contributed by atoms with Crippen molar-refractivity contribution < 1.29 is 22.7 Å². The number of carbonyl (C=O) groups is 1. The van der Waals surface area contributed by atoms with Crippen LogP contribution in [0.25, 0.3) is 0 Å². The Morgan fingerprint density at radius 3 is 2.74 bits per heavy atom. The molecule has 112 valence electrons. The van der Waals surface area contributed by atoms with Gasteiger partial charge < -0.3 is 9.47 Å². The van der Waals surface area contributed by atoms with Gasteiger partial charge in [-0.3, -0.25) is 4.79 Å². The van der Waals surface area contributed by atoms with Gasteiger partial charge in [-0.25, -0.2) is 8.42 Å². The van der Waals surface area contributed by atoms with E-state index in [2.05, 4.69) is 4.74 Å². The van der Waals surface area contributed by atoms with E-state index in [1.165, 1.54) is 11.4 Å². The number of sulfonamides is 1. The van der Waals surface area contributed by atoms with E-state index >= 15 is 0 Å². The minimum atomic E-state index is -3.32. The largest absolute Gasteiger partial charge is 0.469 e. The van der Waals surface area contributed by atoms with Crippen LogP contribution < -0.4 is 0 Å². The predicted molar refractivity (Wildman–Crippen MR) is 71.3 cm³/mol. The summed E-state index contributed by atoms with van der Waals surface area (Å²) in [4.78, 5) is 11.2. The molecule has 0 aromatic heterocycles. The topological polar surface area (TPSA) is 72.9 Å². The molecule has 0 N–H and O–H groups in total. The number of nitrogens with zero attached hydrogens (tertiary/aromatic N) is 1. The van der Waals surface area contributed by atoms with Gasteiger partial charge >= 0.3 is 5.97 Å². The fourth-order valence-corrected chi connectivity index (χ4v) is 3.60. The zero-order chi connectivity index (χ0) is 14.3. The van der Waals surface area contributed by atoms with E-state index in [-0.39, 0.29) is 24.8 Å². The Morgan fingerprint density at radius 2 is 2.21 bits per heavy atom. The zero-order valence-corrected chi connectivity index (χ0v) is 12.4. The lowest BCUT2D eigenvalue weighted by Crippen LogP contribution is -2.40. The monoisotopic (exact) mass is 293 g/mol. The highest BCUT2D eigenvalue weighted by atomic mass is 32.2. The Balaban J connectivity index is 2.63. The molecule has 0 aromatic rings. The molecule has 1 atom stereocenters. The Hall–Kier alpha value is -0.660. The third kappa shape index (κ3) is 5.46. The van der Waals surface area contributed by atoms with Gasteiger partial charge in [0, 0.05) is 19.7 Å². The van der Waals surface area contributed by atoms with Gasteiger partial charge in [0.2, 0.25) is 10.0 Å². The van der Waals surface area contributed by atoms with Gasteiger partial charge in [0.1, 0.15) is 0 Å². The average molecular weight is 293 g/mol. The summed E-state index contributed by atoms with van der Waals surface area (Å²) in [7, 11) is -2.02. The van der Waals surface area contributed by atoms with Crippen molar-refractivity contribution in [1.82, 2.24) is 4.31 Å². The molecule has 6 nitrogen and oxygen atoms in total. The maximum absolute atomic E-state index is 12.1. The van der Waals surface area contributed by atoms with Crippen LogP contribution in [0.5, 0.6) is 0 Å². The molecule has 0 bridgehead atoms. The van der Waals surface area contributed by atoms with Crippen molar-refractivity contribution >= 4 is 16.0 Å². The van der Waals surface area contributed by atoms with Crippen molar-refractivity contribution in [3.8, 4) is 0 Å². The van der Waals surface area contributed by atoms with Gasteiger partial charge in [-0.15, -0.1) is 0 Å². The molecule has 1 heterocycles. The van der Waals surface area contributed by atoms with E-state index in [1.54, 1.807) is 0 Å². The van der Waals surface area contributed by atoms with Gasteiger partial charge in [-0.1, -0.05) is 6.92 Å². The number of hydrogen-bond donors (Lipinski definition) is 0. The lowest BCUT2D eigenvalue weighted by Gasteiger charge is -2.24. The molecule has 1 saturated heterocycles. The number of hydrogen-bond acceptors (Lipinski definition) is 5. The Bertz CT molecular complexity index is 376. The summed E-state index contributed by atoms with van der Waals surface area (Å²) in [6.07, 6.45) is 2.42. The molecule has 7 heteroatoms. The first-order valence-corrected chi connectivity index (χ1v) is 8.26. The molecule has 1 unspecified atom stereocenters. The molecule has 0 amide bonds. The van der Waals surface area contributed by atoms with Crippen LogP contribution >= 0.6 is 0 Å². The van der Waals surface area contributed by atoms with E-state index in [0.717, 1.165) is 12.8 Å². The maximum atomic E-state index is 12.1. The van der Waals surface area contributed by atoms with Crippen LogP contribution in [0.15, 0.2) is 0 Å². The molecule has 19 heavy (non-hydrogen) atoms. The third-order valence-electron chi connectivity index (χ3n) is 3.08.